The zero-order valence-corrected chi connectivity index (χ0v) is 9.91. The van der Waals surface area contributed by atoms with Gasteiger partial charge in [0.25, 0.3) is 0 Å². The molecule has 1 aromatic rings. The number of hydrogen-bond acceptors (Lipinski definition) is 3. The minimum absolute atomic E-state index is 0.0456. The Morgan fingerprint density at radius 1 is 1.44 bits per heavy atom. The lowest BCUT2D eigenvalue weighted by Gasteiger charge is -2.19. The van der Waals surface area contributed by atoms with Crippen molar-refractivity contribution in [3.05, 3.63) is 23.3 Å². The van der Waals surface area contributed by atoms with Crippen LogP contribution in [0.25, 0.3) is 0 Å². The van der Waals surface area contributed by atoms with E-state index in [1.54, 1.807) is 0 Å². The van der Waals surface area contributed by atoms with Crippen molar-refractivity contribution in [2.75, 3.05) is 7.11 Å². The van der Waals surface area contributed by atoms with E-state index in [1.165, 1.54) is 14.0 Å². The molecule has 0 aliphatic rings. The zero-order chi connectivity index (χ0) is 13.9. The van der Waals surface area contributed by atoms with Gasteiger partial charge in [0.05, 0.1) is 12.7 Å². The molecule has 100 valence electrons. The average Bonchev–Trinajstić information content (AvgIpc) is 2.27. The van der Waals surface area contributed by atoms with Gasteiger partial charge in [-0.05, 0) is 18.1 Å². The Morgan fingerprint density at radius 2 is 2.06 bits per heavy atom. The quantitative estimate of drug-likeness (QED) is 0.848. The van der Waals surface area contributed by atoms with Crippen LogP contribution in [0.5, 0.6) is 11.5 Å². The molecule has 0 amide bonds. The number of phenols is 1. The summed E-state index contributed by atoms with van der Waals surface area (Å²) in [6, 6.07) is 1.89. The second-order valence-corrected chi connectivity index (χ2v) is 3.88. The number of hydrogen-bond donors (Lipinski definition) is 1. The summed E-state index contributed by atoms with van der Waals surface area (Å²) in [5.74, 6) is -1.35. The molecule has 0 aliphatic carbocycles. The van der Waals surface area contributed by atoms with Gasteiger partial charge in [-0.2, -0.15) is 13.2 Å². The number of alkyl halides is 3. The average molecular weight is 262 g/mol. The molecular formula is C12H13F3O3. The Labute approximate surface area is 102 Å². The van der Waals surface area contributed by atoms with Crippen LogP contribution in [-0.4, -0.2) is 18.5 Å². The molecule has 0 aromatic heterocycles. The second kappa shape index (κ2) is 5.29. The third kappa shape index (κ3) is 2.75. The minimum atomic E-state index is -4.59. The summed E-state index contributed by atoms with van der Waals surface area (Å²) in [4.78, 5) is 10.4. The van der Waals surface area contributed by atoms with Crippen LogP contribution in [0.1, 0.15) is 30.4 Å². The predicted octanol–water partition coefficient (Wildman–Crippen LogP) is 3.11. The van der Waals surface area contributed by atoms with Crippen molar-refractivity contribution in [1.82, 2.24) is 0 Å². The van der Waals surface area contributed by atoms with Crippen molar-refractivity contribution in [2.45, 2.75) is 25.4 Å². The Bertz CT molecular complexity index is 441. The fourth-order valence-electron chi connectivity index (χ4n) is 1.76. The Balaban J connectivity index is 3.44. The highest BCUT2D eigenvalue weighted by atomic mass is 19.4. The van der Waals surface area contributed by atoms with Gasteiger partial charge in [-0.15, -0.1) is 0 Å². The third-order valence-electron chi connectivity index (χ3n) is 2.65. The van der Waals surface area contributed by atoms with E-state index < -0.39 is 23.4 Å². The normalized spacial score (nSPS) is 13.2. The summed E-state index contributed by atoms with van der Waals surface area (Å²) < 4.78 is 43.2. The molecule has 0 aliphatic heterocycles. The first-order valence-electron chi connectivity index (χ1n) is 5.23. The van der Waals surface area contributed by atoms with E-state index in [9.17, 15) is 23.1 Å². The Kier molecular flexibility index (Phi) is 4.21. The minimum Gasteiger partial charge on any atom is -0.504 e. The van der Waals surface area contributed by atoms with Crippen molar-refractivity contribution >= 4 is 6.29 Å². The molecule has 1 N–H and O–H groups in total. The van der Waals surface area contributed by atoms with E-state index in [1.807, 2.05) is 0 Å². The Morgan fingerprint density at radius 3 is 2.50 bits per heavy atom. The van der Waals surface area contributed by atoms with Crippen LogP contribution in [0.3, 0.4) is 0 Å². The zero-order valence-electron chi connectivity index (χ0n) is 9.91. The molecule has 6 heteroatoms. The number of ether oxygens (including phenoxy) is 1. The van der Waals surface area contributed by atoms with Gasteiger partial charge in [0.1, 0.15) is 6.29 Å². The van der Waals surface area contributed by atoms with E-state index in [0.29, 0.717) is 6.29 Å². The first-order valence-corrected chi connectivity index (χ1v) is 5.23. The van der Waals surface area contributed by atoms with E-state index in [0.717, 1.165) is 12.1 Å². The van der Waals surface area contributed by atoms with Crippen molar-refractivity contribution in [1.29, 1.82) is 0 Å². The van der Waals surface area contributed by atoms with Gasteiger partial charge < -0.3 is 14.6 Å². The molecular weight excluding hydrogens is 249 g/mol. The first kappa shape index (κ1) is 14.3. The number of halogens is 3. The van der Waals surface area contributed by atoms with E-state index in [4.69, 9.17) is 4.74 Å². The van der Waals surface area contributed by atoms with Gasteiger partial charge in [-0.1, -0.05) is 6.92 Å². The lowest BCUT2D eigenvalue weighted by Crippen LogP contribution is -2.12. The van der Waals surface area contributed by atoms with Gasteiger partial charge in [-0.25, -0.2) is 0 Å². The number of phenolic OH excluding ortho intramolecular Hbond substituents is 1. The summed E-state index contributed by atoms with van der Waals surface area (Å²) in [6.45, 7) is 1.44. The topological polar surface area (TPSA) is 46.5 Å². The van der Waals surface area contributed by atoms with Crippen LogP contribution in [0.15, 0.2) is 12.1 Å². The maximum atomic E-state index is 12.8. The van der Waals surface area contributed by atoms with E-state index in [2.05, 4.69) is 0 Å². The highest BCUT2D eigenvalue weighted by molar-refractivity contribution is 5.57. The number of aromatic hydroxyl groups is 1. The van der Waals surface area contributed by atoms with Crippen LogP contribution in [-0.2, 0) is 11.0 Å². The lowest BCUT2D eigenvalue weighted by molar-refractivity contribution is -0.138. The Hall–Kier alpha value is -1.72. The molecule has 18 heavy (non-hydrogen) atoms. The van der Waals surface area contributed by atoms with Gasteiger partial charge in [0, 0.05) is 12.0 Å². The summed E-state index contributed by atoms with van der Waals surface area (Å²) in [6.07, 6.45) is -4.18. The standard InChI is InChI=1S/C12H13F3O3/c1-7(5-6-16)10-8(12(13,14)15)3-4-9(18-2)11(10)17/h3-4,6-7,17H,5H2,1-2H3. The molecule has 1 rings (SSSR count). The third-order valence-corrected chi connectivity index (χ3v) is 2.65. The molecule has 0 fully saturated rings. The van der Waals surface area contributed by atoms with Crippen LogP contribution >= 0.6 is 0 Å². The summed E-state index contributed by atoms with van der Waals surface area (Å²) in [7, 11) is 1.25. The van der Waals surface area contributed by atoms with Gasteiger partial charge in [0.15, 0.2) is 11.5 Å². The largest absolute Gasteiger partial charge is 0.504 e. The number of benzene rings is 1. The molecule has 1 unspecified atom stereocenters. The molecule has 1 atom stereocenters. The highest BCUT2D eigenvalue weighted by Crippen LogP contribution is 2.44. The lowest BCUT2D eigenvalue weighted by atomic mass is 9.92. The number of aldehydes is 1. The molecule has 3 nitrogen and oxygen atoms in total. The van der Waals surface area contributed by atoms with Crippen molar-refractivity contribution in [3.8, 4) is 11.5 Å². The monoisotopic (exact) mass is 262 g/mol. The van der Waals surface area contributed by atoms with Crippen LogP contribution in [0, 0.1) is 0 Å². The SMILES string of the molecule is COc1ccc(C(F)(F)F)c(C(C)CC=O)c1O. The molecule has 0 radical (unpaired) electrons. The fraction of sp³-hybridized carbons (Fsp3) is 0.417. The van der Waals surface area contributed by atoms with Crippen molar-refractivity contribution in [3.63, 3.8) is 0 Å². The van der Waals surface area contributed by atoms with Gasteiger partial charge in [-0.3, -0.25) is 0 Å². The first-order chi connectivity index (χ1) is 8.32. The maximum absolute atomic E-state index is 12.8. The molecule has 0 saturated carbocycles. The summed E-state index contributed by atoms with van der Waals surface area (Å²) >= 11 is 0. The maximum Gasteiger partial charge on any atom is 0.416 e. The van der Waals surface area contributed by atoms with Crippen molar-refractivity contribution in [2.24, 2.45) is 0 Å². The predicted molar refractivity (Wildman–Crippen MR) is 58.8 cm³/mol. The summed E-state index contributed by atoms with van der Waals surface area (Å²) in [5, 5.41) is 9.79. The van der Waals surface area contributed by atoms with Crippen LogP contribution in [0.2, 0.25) is 0 Å². The highest BCUT2D eigenvalue weighted by Gasteiger charge is 2.36. The number of rotatable bonds is 4. The number of methoxy groups -OCH3 is 1. The van der Waals surface area contributed by atoms with E-state index >= 15 is 0 Å². The molecule has 1 aromatic carbocycles. The van der Waals surface area contributed by atoms with Crippen LogP contribution < -0.4 is 4.74 Å². The smallest absolute Gasteiger partial charge is 0.416 e. The number of carbonyl (C=O) groups excluding carboxylic acids is 1. The second-order valence-electron chi connectivity index (χ2n) is 3.88. The van der Waals surface area contributed by atoms with E-state index in [-0.39, 0.29) is 17.7 Å². The molecule has 0 heterocycles. The van der Waals surface area contributed by atoms with Gasteiger partial charge >= 0.3 is 6.18 Å². The molecule has 0 saturated heterocycles. The fourth-order valence-corrected chi connectivity index (χ4v) is 1.76. The van der Waals surface area contributed by atoms with Gasteiger partial charge in [0.2, 0.25) is 0 Å². The van der Waals surface area contributed by atoms with Crippen molar-refractivity contribution < 1.29 is 27.8 Å². The summed E-state index contributed by atoms with van der Waals surface area (Å²) in [5.41, 5.74) is -1.26. The molecule has 0 spiro atoms. The number of carbonyl (C=O) groups is 1. The molecule has 0 bridgehead atoms. The van der Waals surface area contributed by atoms with Crippen LogP contribution in [0.4, 0.5) is 13.2 Å².